The maximum atomic E-state index is 12.9. The van der Waals surface area contributed by atoms with Gasteiger partial charge < -0.3 is 15.3 Å². The second-order valence-electron chi connectivity index (χ2n) is 9.16. The minimum atomic E-state index is -1.05. The van der Waals surface area contributed by atoms with E-state index in [1.807, 2.05) is 43.2 Å². The highest BCUT2D eigenvalue weighted by atomic mass is 32.1. The summed E-state index contributed by atoms with van der Waals surface area (Å²) in [6.07, 6.45) is 2.75. The first kappa shape index (κ1) is 19.4. The fourth-order valence-electron chi connectivity index (χ4n) is 3.69. The van der Waals surface area contributed by atoms with Crippen LogP contribution in [0.15, 0.2) is 17.5 Å². The number of hydrogen-bond donors (Lipinski definition) is 2. The van der Waals surface area contributed by atoms with Crippen LogP contribution in [-0.4, -0.2) is 40.0 Å². The fraction of sp³-hybridized carbons (Fsp3) is 0.700. The van der Waals surface area contributed by atoms with Crippen molar-refractivity contribution in [2.24, 2.45) is 11.3 Å². The van der Waals surface area contributed by atoms with E-state index >= 15 is 0 Å². The van der Waals surface area contributed by atoms with Crippen LogP contribution in [0.2, 0.25) is 0 Å². The molecule has 1 saturated heterocycles. The number of likely N-dealkylation sites (tertiary alicyclic amines) is 1. The predicted molar refractivity (Wildman–Crippen MR) is 103 cm³/mol. The van der Waals surface area contributed by atoms with Gasteiger partial charge >= 0.3 is 0 Å². The van der Waals surface area contributed by atoms with E-state index in [2.05, 4.69) is 5.32 Å². The number of thiophene rings is 1. The van der Waals surface area contributed by atoms with Crippen molar-refractivity contribution in [3.63, 3.8) is 0 Å². The van der Waals surface area contributed by atoms with Crippen molar-refractivity contribution in [1.29, 1.82) is 0 Å². The molecule has 0 aromatic carbocycles. The van der Waals surface area contributed by atoms with Gasteiger partial charge in [-0.2, -0.15) is 0 Å². The molecule has 3 atom stereocenters. The molecule has 2 heterocycles. The smallest absolute Gasteiger partial charge is 0.226 e. The highest BCUT2D eigenvalue weighted by Crippen LogP contribution is 2.42. The van der Waals surface area contributed by atoms with Crippen LogP contribution in [-0.2, 0) is 9.59 Å². The van der Waals surface area contributed by atoms with E-state index < -0.39 is 11.6 Å². The van der Waals surface area contributed by atoms with Crippen molar-refractivity contribution in [3.8, 4) is 0 Å². The van der Waals surface area contributed by atoms with Crippen molar-refractivity contribution >= 4 is 23.2 Å². The number of carbonyl (C=O) groups is 2. The molecule has 1 aliphatic heterocycles. The van der Waals surface area contributed by atoms with Crippen LogP contribution in [0, 0.1) is 11.3 Å². The Hall–Kier alpha value is -1.40. The van der Waals surface area contributed by atoms with Gasteiger partial charge in [-0.1, -0.05) is 26.8 Å². The molecular weight excluding hydrogens is 348 g/mol. The molecule has 0 radical (unpaired) electrons. The number of amides is 2. The van der Waals surface area contributed by atoms with Gasteiger partial charge in [-0.05, 0) is 43.0 Å². The zero-order valence-corrected chi connectivity index (χ0v) is 16.9. The standard InChI is InChI=1S/C20H30N2O3S/c1-19(2,3)12-15(23)21-17-16(14-6-5-11-26-14)22(10-9-20(17,4)25)18(24)13-7-8-13/h5-6,11,13,16-17,25H,7-10,12H2,1-4H3,(H,21,23). The lowest BCUT2D eigenvalue weighted by molar-refractivity contribution is -0.147. The van der Waals surface area contributed by atoms with E-state index in [-0.39, 0.29) is 29.2 Å². The average molecular weight is 379 g/mol. The summed E-state index contributed by atoms with van der Waals surface area (Å²) in [7, 11) is 0. The van der Waals surface area contributed by atoms with Crippen LogP contribution in [0.5, 0.6) is 0 Å². The van der Waals surface area contributed by atoms with E-state index in [0.717, 1.165) is 17.7 Å². The fourth-order valence-corrected chi connectivity index (χ4v) is 4.57. The first-order valence-corrected chi connectivity index (χ1v) is 10.3. The molecule has 144 valence electrons. The number of carbonyl (C=O) groups excluding carboxylic acids is 2. The van der Waals surface area contributed by atoms with Gasteiger partial charge in [0, 0.05) is 23.8 Å². The largest absolute Gasteiger partial charge is 0.388 e. The van der Waals surface area contributed by atoms with Gasteiger partial charge in [0.2, 0.25) is 11.8 Å². The van der Waals surface area contributed by atoms with Crippen molar-refractivity contribution in [2.45, 2.75) is 71.1 Å². The Bertz CT molecular complexity index is 659. The minimum absolute atomic E-state index is 0.0787. The predicted octanol–water partition coefficient (Wildman–Crippen LogP) is 3.10. The van der Waals surface area contributed by atoms with Gasteiger partial charge in [0.25, 0.3) is 0 Å². The molecule has 1 aromatic heterocycles. The zero-order valence-electron chi connectivity index (χ0n) is 16.1. The molecule has 6 heteroatoms. The van der Waals surface area contributed by atoms with E-state index in [1.165, 1.54) is 0 Å². The second-order valence-corrected chi connectivity index (χ2v) is 10.1. The topological polar surface area (TPSA) is 69.6 Å². The van der Waals surface area contributed by atoms with Gasteiger partial charge in [-0.15, -0.1) is 11.3 Å². The molecule has 1 aromatic rings. The molecule has 2 N–H and O–H groups in total. The molecule has 2 aliphatic rings. The van der Waals surface area contributed by atoms with Gasteiger partial charge in [0.05, 0.1) is 17.7 Å². The van der Waals surface area contributed by atoms with Crippen LogP contribution in [0.3, 0.4) is 0 Å². The summed E-state index contributed by atoms with van der Waals surface area (Å²) in [4.78, 5) is 28.4. The Morgan fingerprint density at radius 1 is 1.38 bits per heavy atom. The number of nitrogens with one attached hydrogen (secondary N) is 1. The first-order chi connectivity index (χ1) is 12.1. The molecule has 26 heavy (non-hydrogen) atoms. The molecule has 0 spiro atoms. The third kappa shape index (κ3) is 4.29. The molecular formula is C20H30N2O3S. The third-order valence-corrected chi connectivity index (χ3v) is 6.18. The number of aliphatic hydroxyl groups is 1. The summed E-state index contributed by atoms with van der Waals surface area (Å²) in [6, 6.07) is 3.13. The minimum Gasteiger partial charge on any atom is -0.388 e. The maximum Gasteiger partial charge on any atom is 0.226 e. The van der Waals surface area contributed by atoms with Crippen LogP contribution in [0.1, 0.15) is 64.3 Å². The monoisotopic (exact) mass is 378 g/mol. The molecule has 3 rings (SSSR count). The van der Waals surface area contributed by atoms with Gasteiger partial charge in [-0.3, -0.25) is 9.59 Å². The molecule has 2 amide bonds. The van der Waals surface area contributed by atoms with Gasteiger partial charge in [0.1, 0.15) is 0 Å². The highest BCUT2D eigenvalue weighted by Gasteiger charge is 2.50. The lowest BCUT2D eigenvalue weighted by Crippen LogP contribution is -2.63. The lowest BCUT2D eigenvalue weighted by atomic mass is 9.81. The molecule has 2 fully saturated rings. The normalized spacial score (nSPS) is 29.5. The SMILES string of the molecule is CC(C)(C)CC(=O)NC1C(c2cccs2)N(C(=O)C2CC2)CCC1(C)O. The van der Waals surface area contributed by atoms with E-state index in [0.29, 0.717) is 19.4 Å². The van der Waals surface area contributed by atoms with E-state index in [1.54, 1.807) is 18.3 Å². The van der Waals surface area contributed by atoms with Crippen LogP contribution in [0.25, 0.3) is 0 Å². The Labute approximate surface area is 159 Å². The first-order valence-electron chi connectivity index (χ1n) is 9.44. The van der Waals surface area contributed by atoms with Crippen LogP contribution in [0.4, 0.5) is 0 Å². The van der Waals surface area contributed by atoms with Crippen molar-refractivity contribution < 1.29 is 14.7 Å². The zero-order chi connectivity index (χ0) is 19.1. The summed E-state index contributed by atoms with van der Waals surface area (Å²) in [5.74, 6) is 0.200. The number of hydrogen-bond acceptors (Lipinski definition) is 4. The average Bonchev–Trinajstić information content (AvgIpc) is 3.22. The summed E-state index contributed by atoms with van der Waals surface area (Å²) >= 11 is 1.57. The summed E-state index contributed by atoms with van der Waals surface area (Å²) in [5, 5.41) is 16.1. The number of rotatable bonds is 4. The van der Waals surface area contributed by atoms with Crippen LogP contribution < -0.4 is 5.32 Å². The summed E-state index contributed by atoms with van der Waals surface area (Å²) in [5.41, 5.74) is -1.19. The Morgan fingerprint density at radius 3 is 2.62 bits per heavy atom. The molecule has 3 unspecified atom stereocenters. The van der Waals surface area contributed by atoms with Crippen molar-refractivity contribution in [1.82, 2.24) is 10.2 Å². The van der Waals surface area contributed by atoms with Crippen LogP contribution >= 0.6 is 11.3 Å². The van der Waals surface area contributed by atoms with Crippen molar-refractivity contribution in [2.75, 3.05) is 6.54 Å². The lowest BCUT2D eigenvalue weighted by Gasteiger charge is -2.49. The van der Waals surface area contributed by atoms with E-state index in [4.69, 9.17) is 0 Å². The molecule has 1 saturated carbocycles. The molecule has 5 nitrogen and oxygen atoms in total. The number of piperidine rings is 1. The Morgan fingerprint density at radius 2 is 2.08 bits per heavy atom. The highest BCUT2D eigenvalue weighted by molar-refractivity contribution is 7.10. The Balaban J connectivity index is 1.90. The maximum absolute atomic E-state index is 12.9. The summed E-state index contributed by atoms with van der Waals surface area (Å²) < 4.78 is 0. The Kier molecular flexibility index (Phi) is 5.19. The van der Waals surface area contributed by atoms with Crippen molar-refractivity contribution in [3.05, 3.63) is 22.4 Å². The second kappa shape index (κ2) is 6.97. The van der Waals surface area contributed by atoms with Gasteiger partial charge in [0.15, 0.2) is 0 Å². The third-order valence-electron chi connectivity index (χ3n) is 5.23. The molecule has 1 aliphatic carbocycles. The molecule has 0 bridgehead atoms. The quantitative estimate of drug-likeness (QED) is 0.846. The van der Waals surface area contributed by atoms with E-state index in [9.17, 15) is 14.7 Å². The number of nitrogens with zero attached hydrogens (tertiary/aromatic N) is 1. The summed E-state index contributed by atoms with van der Waals surface area (Å²) in [6.45, 7) is 8.35. The van der Waals surface area contributed by atoms with Gasteiger partial charge in [-0.25, -0.2) is 0 Å².